The molecule has 1 aromatic carbocycles. The van der Waals surface area contributed by atoms with Crippen molar-refractivity contribution in [1.29, 1.82) is 0 Å². The highest BCUT2D eigenvalue weighted by Crippen LogP contribution is 2.29. The van der Waals surface area contributed by atoms with Crippen LogP contribution in [0.2, 0.25) is 0 Å². The van der Waals surface area contributed by atoms with Crippen molar-refractivity contribution in [2.45, 2.75) is 33.1 Å². The first-order valence-corrected chi connectivity index (χ1v) is 6.80. The van der Waals surface area contributed by atoms with E-state index >= 15 is 0 Å². The maximum Gasteiger partial charge on any atom is 0.220 e. The van der Waals surface area contributed by atoms with Crippen molar-refractivity contribution in [1.82, 2.24) is 5.32 Å². The van der Waals surface area contributed by atoms with Crippen molar-refractivity contribution in [3.05, 3.63) is 23.8 Å². The van der Waals surface area contributed by atoms with Gasteiger partial charge in [-0.25, -0.2) is 0 Å². The Labute approximate surface area is 115 Å². The highest BCUT2D eigenvalue weighted by atomic mass is 16.5. The van der Waals surface area contributed by atoms with Gasteiger partial charge in [-0.3, -0.25) is 4.79 Å². The number of carbonyl (C=O) groups excluding carboxylic acids is 1. The molecule has 1 aromatic rings. The van der Waals surface area contributed by atoms with Gasteiger partial charge in [-0.2, -0.15) is 0 Å². The van der Waals surface area contributed by atoms with Gasteiger partial charge in [0.25, 0.3) is 0 Å². The van der Waals surface area contributed by atoms with Gasteiger partial charge in [0.05, 0.1) is 13.2 Å². The van der Waals surface area contributed by atoms with E-state index in [0.717, 1.165) is 23.5 Å². The van der Waals surface area contributed by atoms with Gasteiger partial charge in [-0.05, 0) is 37.5 Å². The first-order chi connectivity index (χ1) is 9.21. The number of carbonyl (C=O) groups is 1. The largest absolute Gasteiger partial charge is 0.490 e. The molecule has 19 heavy (non-hydrogen) atoms. The summed E-state index contributed by atoms with van der Waals surface area (Å²) in [6.45, 7) is 5.29. The highest BCUT2D eigenvalue weighted by Gasteiger charge is 2.07. The van der Waals surface area contributed by atoms with Crippen LogP contribution in [-0.2, 0) is 11.2 Å². The Morgan fingerprint density at radius 2 is 2.00 bits per heavy atom. The molecule has 0 heterocycles. The first kappa shape index (κ1) is 15.3. The topological polar surface area (TPSA) is 47.6 Å². The van der Waals surface area contributed by atoms with E-state index in [2.05, 4.69) is 12.2 Å². The number of aryl methyl sites for hydroxylation is 1. The molecule has 0 atom stereocenters. The predicted molar refractivity (Wildman–Crippen MR) is 75.8 cm³/mol. The minimum Gasteiger partial charge on any atom is -0.490 e. The third kappa shape index (κ3) is 5.20. The first-order valence-electron chi connectivity index (χ1n) is 6.80. The van der Waals surface area contributed by atoms with E-state index in [1.54, 1.807) is 7.05 Å². The SMILES string of the molecule is CCCOc1ccc(CCC(=O)NC)cc1OCC. The summed E-state index contributed by atoms with van der Waals surface area (Å²) in [5, 5.41) is 2.62. The molecule has 0 fully saturated rings. The molecule has 0 bridgehead atoms. The van der Waals surface area contributed by atoms with Gasteiger partial charge in [0.2, 0.25) is 5.91 Å². The number of benzene rings is 1. The number of nitrogens with one attached hydrogen (secondary N) is 1. The van der Waals surface area contributed by atoms with Crippen LogP contribution in [0.1, 0.15) is 32.3 Å². The summed E-state index contributed by atoms with van der Waals surface area (Å²) in [5.41, 5.74) is 1.08. The summed E-state index contributed by atoms with van der Waals surface area (Å²) >= 11 is 0. The molecule has 0 unspecified atom stereocenters. The van der Waals surface area contributed by atoms with Gasteiger partial charge in [-0.15, -0.1) is 0 Å². The summed E-state index contributed by atoms with van der Waals surface area (Å²) < 4.78 is 11.2. The lowest BCUT2D eigenvalue weighted by Crippen LogP contribution is -2.17. The molecule has 0 aromatic heterocycles. The highest BCUT2D eigenvalue weighted by molar-refractivity contribution is 5.75. The molecule has 0 saturated heterocycles. The number of hydrogen-bond acceptors (Lipinski definition) is 3. The van der Waals surface area contributed by atoms with Crippen LogP contribution in [-0.4, -0.2) is 26.2 Å². The van der Waals surface area contributed by atoms with Crippen molar-refractivity contribution in [2.24, 2.45) is 0 Å². The van der Waals surface area contributed by atoms with E-state index in [-0.39, 0.29) is 5.91 Å². The van der Waals surface area contributed by atoms with Crippen LogP contribution in [0.25, 0.3) is 0 Å². The number of rotatable bonds is 8. The Hall–Kier alpha value is -1.71. The molecule has 0 saturated carbocycles. The fourth-order valence-electron chi connectivity index (χ4n) is 1.69. The molecule has 0 aliphatic carbocycles. The molecule has 0 radical (unpaired) electrons. The molecular formula is C15H23NO3. The molecule has 0 aliphatic rings. The van der Waals surface area contributed by atoms with Crippen LogP contribution in [0.4, 0.5) is 0 Å². The molecule has 1 N–H and O–H groups in total. The lowest BCUT2D eigenvalue weighted by Gasteiger charge is -2.13. The van der Waals surface area contributed by atoms with E-state index in [9.17, 15) is 4.79 Å². The zero-order chi connectivity index (χ0) is 14.1. The Morgan fingerprint density at radius 1 is 1.21 bits per heavy atom. The second-order valence-corrected chi connectivity index (χ2v) is 4.24. The average Bonchev–Trinajstić information content (AvgIpc) is 2.44. The van der Waals surface area contributed by atoms with Gasteiger partial charge in [0.15, 0.2) is 11.5 Å². The molecule has 0 aliphatic heterocycles. The molecule has 106 valence electrons. The van der Waals surface area contributed by atoms with Crippen molar-refractivity contribution >= 4 is 5.91 Å². The van der Waals surface area contributed by atoms with E-state index < -0.39 is 0 Å². The normalized spacial score (nSPS) is 10.1. The second-order valence-electron chi connectivity index (χ2n) is 4.24. The lowest BCUT2D eigenvalue weighted by molar-refractivity contribution is -0.120. The third-order valence-electron chi connectivity index (χ3n) is 2.69. The van der Waals surface area contributed by atoms with Crippen molar-refractivity contribution in [3.8, 4) is 11.5 Å². The standard InChI is InChI=1S/C15H23NO3/c1-4-10-19-13-8-6-12(7-9-15(17)16-3)11-14(13)18-5-2/h6,8,11H,4-5,7,9-10H2,1-3H3,(H,16,17). The van der Waals surface area contributed by atoms with Crippen LogP contribution < -0.4 is 14.8 Å². The summed E-state index contributed by atoms with van der Waals surface area (Å²) in [6.07, 6.45) is 2.15. The van der Waals surface area contributed by atoms with Gasteiger partial charge >= 0.3 is 0 Å². The number of amides is 1. The molecule has 4 heteroatoms. The fourth-order valence-corrected chi connectivity index (χ4v) is 1.69. The zero-order valence-electron chi connectivity index (χ0n) is 12.0. The van der Waals surface area contributed by atoms with Crippen LogP contribution in [0.5, 0.6) is 11.5 Å². The summed E-state index contributed by atoms with van der Waals surface area (Å²) in [5.74, 6) is 1.57. The molecule has 4 nitrogen and oxygen atoms in total. The summed E-state index contributed by atoms with van der Waals surface area (Å²) in [6, 6.07) is 5.85. The minimum absolute atomic E-state index is 0.0456. The van der Waals surface area contributed by atoms with E-state index in [4.69, 9.17) is 9.47 Å². The number of ether oxygens (including phenoxy) is 2. The van der Waals surface area contributed by atoms with E-state index in [0.29, 0.717) is 26.1 Å². The van der Waals surface area contributed by atoms with E-state index in [1.807, 2.05) is 25.1 Å². The smallest absolute Gasteiger partial charge is 0.220 e. The maximum atomic E-state index is 11.2. The molecular weight excluding hydrogens is 242 g/mol. The summed E-state index contributed by atoms with van der Waals surface area (Å²) in [4.78, 5) is 11.2. The lowest BCUT2D eigenvalue weighted by atomic mass is 10.1. The van der Waals surface area contributed by atoms with Crippen LogP contribution in [0, 0.1) is 0 Å². The molecule has 0 spiro atoms. The van der Waals surface area contributed by atoms with Gasteiger partial charge in [0.1, 0.15) is 0 Å². The second kappa shape index (κ2) is 8.40. The molecule has 1 amide bonds. The van der Waals surface area contributed by atoms with E-state index in [1.165, 1.54) is 0 Å². The minimum atomic E-state index is 0.0456. The summed E-state index contributed by atoms with van der Waals surface area (Å²) in [7, 11) is 1.65. The van der Waals surface area contributed by atoms with Crippen molar-refractivity contribution in [2.75, 3.05) is 20.3 Å². The maximum absolute atomic E-state index is 11.2. The van der Waals surface area contributed by atoms with Crippen LogP contribution in [0.3, 0.4) is 0 Å². The van der Waals surface area contributed by atoms with Gasteiger partial charge < -0.3 is 14.8 Å². The van der Waals surface area contributed by atoms with Crippen LogP contribution >= 0.6 is 0 Å². The number of hydrogen-bond donors (Lipinski definition) is 1. The average molecular weight is 265 g/mol. The quantitative estimate of drug-likeness (QED) is 0.785. The zero-order valence-corrected chi connectivity index (χ0v) is 12.0. The van der Waals surface area contributed by atoms with Crippen molar-refractivity contribution in [3.63, 3.8) is 0 Å². The Kier molecular flexibility index (Phi) is 6.79. The fraction of sp³-hybridized carbons (Fsp3) is 0.533. The van der Waals surface area contributed by atoms with Gasteiger partial charge in [0, 0.05) is 13.5 Å². The Morgan fingerprint density at radius 3 is 2.63 bits per heavy atom. The monoisotopic (exact) mass is 265 g/mol. The van der Waals surface area contributed by atoms with Crippen LogP contribution in [0.15, 0.2) is 18.2 Å². The van der Waals surface area contributed by atoms with Crippen molar-refractivity contribution < 1.29 is 14.3 Å². The third-order valence-corrected chi connectivity index (χ3v) is 2.69. The predicted octanol–water partition coefficient (Wildman–Crippen LogP) is 2.55. The Bertz CT molecular complexity index is 404. The molecule has 1 rings (SSSR count). The Balaban J connectivity index is 2.73. The van der Waals surface area contributed by atoms with Gasteiger partial charge in [-0.1, -0.05) is 13.0 Å².